The fourth-order valence-electron chi connectivity index (χ4n) is 3.19. The van der Waals surface area contributed by atoms with Crippen molar-refractivity contribution in [2.45, 2.75) is 23.5 Å². The number of rotatable bonds is 5. The maximum atomic E-state index is 13.3. The summed E-state index contributed by atoms with van der Waals surface area (Å²) in [7, 11) is -3.97. The first-order valence-corrected chi connectivity index (χ1v) is 11.9. The molecule has 1 atom stereocenters. The first-order valence-electron chi connectivity index (χ1n) is 9.54. The van der Waals surface area contributed by atoms with Crippen LogP contribution < -0.4 is 4.90 Å². The van der Waals surface area contributed by atoms with Crippen LogP contribution in [0.5, 0.6) is 0 Å². The van der Waals surface area contributed by atoms with E-state index < -0.39 is 15.3 Å². The van der Waals surface area contributed by atoms with Gasteiger partial charge in [0.1, 0.15) is 5.25 Å². The fourth-order valence-corrected chi connectivity index (χ4v) is 5.54. The average Bonchev–Trinajstić information content (AvgIpc) is 3.10. The molecule has 5 nitrogen and oxygen atoms in total. The highest BCUT2D eigenvalue weighted by molar-refractivity contribution is 8.16. The maximum absolute atomic E-state index is 13.3. The number of benzene rings is 3. The molecule has 1 saturated heterocycles. The lowest BCUT2D eigenvalue weighted by Gasteiger charge is -2.16. The van der Waals surface area contributed by atoms with Crippen molar-refractivity contribution in [3.05, 3.63) is 96.1 Å². The summed E-state index contributed by atoms with van der Waals surface area (Å²) in [5.41, 5.74) is 2.44. The van der Waals surface area contributed by atoms with Crippen LogP contribution in [0.15, 0.2) is 94.2 Å². The Labute approximate surface area is 180 Å². The standard InChI is InChI=1S/C23H20N2O3S2/c1-2-17-13-15-20(16-14-17)30(27,28)24-23-25(19-11-7-4-8-12-19)22(26)21(29-23)18-9-5-3-6-10-18/h3-16,21H,2H2,1H3. The molecule has 152 valence electrons. The first kappa shape index (κ1) is 20.4. The molecule has 1 heterocycles. The lowest BCUT2D eigenvalue weighted by Crippen LogP contribution is -2.30. The van der Waals surface area contributed by atoms with Crippen LogP contribution in [0.25, 0.3) is 0 Å². The Bertz CT molecular complexity index is 1180. The number of anilines is 1. The molecule has 3 aromatic carbocycles. The van der Waals surface area contributed by atoms with Crippen LogP contribution in [0.3, 0.4) is 0 Å². The van der Waals surface area contributed by atoms with Crippen LogP contribution in [0.1, 0.15) is 23.3 Å². The first-order chi connectivity index (χ1) is 14.5. The van der Waals surface area contributed by atoms with Crippen LogP contribution in [-0.2, 0) is 21.2 Å². The number of nitrogens with zero attached hydrogens (tertiary/aromatic N) is 2. The molecule has 1 fully saturated rings. The molecular weight excluding hydrogens is 416 g/mol. The number of aryl methyl sites for hydroxylation is 1. The third kappa shape index (κ3) is 4.04. The summed E-state index contributed by atoms with van der Waals surface area (Å²) in [5, 5.41) is -0.401. The van der Waals surface area contributed by atoms with Gasteiger partial charge in [-0.3, -0.25) is 9.69 Å². The second-order valence-electron chi connectivity index (χ2n) is 6.76. The van der Waals surface area contributed by atoms with Crippen LogP contribution >= 0.6 is 11.8 Å². The van der Waals surface area contributed by atoms with E-state index in [0.717, 1.165) is 29.3 Å². The summed E-state index contributed by atoms with van der Waals surface area (Å²) < 4.78 is 30.0. The topological polar surface area (TPSA) is 66.8 Å². The third-order valence-electron chi connectivity index (χ3n) is 4.80. The minimum absolute atomic E-state index is 0.108. The van der Waals surface area contributed by atoms with E-state index in [1.54, 1.807) is 48.5 Å². The molecular formula is C23H20N2O3S2. The Morgan fingerprint density at radius 3 is 2.10 bits per heavy atom. The quantitative estimate of drug-likeness (QED) is 0.575. The van der Waals surface area contributed by atoms with Gasteiger partial charge in [-0.15, -0.1) is 4.40 Å². The van der Waals surface area contributed by atoms with Crippen molar-refractivity contribution in [1.82, 2.24) is 0 Å². The molecule has 0 spiro atoms. The third-order valence-corrected chi connectivity index (χ3v) is 7.39. The van der Waals surface area contributed by atoms with Gasteiger partial charge in [0.15, 0.2) is 5.17 Å². The van der Waals surface area contributed by atoms with Crippen molar-refractivity contribution in [2.24, 2.45) is 4.40 Å². The van der Waals surface area contributed by atoms with E-state index in [4.69, 9.17) is 0 Å². The minimum atomic E-state index is -3.97. The van der Waals surface area contributed by atoms with Crippen molar-refractivity contribution < 1.29 is 13.2 Å². The Kier molecular flexibility index (Phi) is 5.74. The highest BCUT2D eigenvalue weighted by Gasteiger charge is 2.41. The molecule has 0 aromatic heterocycles. The lowest BCUT2D eigenvalue weighted by molar-refractivity contribution is -0.117. The van der Waals surface area contributed by atoms with Gasteiger partial charge in [0, 0.05) is 0 Å². The van der Waals surface area contributed by atoms with Crippen molar-refractivity contribution >= 4 is 38.5 Å². The zero-order valence-electron chi connectivity index (χ0n) is 16.3. The minimum Gasteiger partial charge on any atom is -0.272 e. The number of carbonyl (C=O) groups is 1. The monoisotopic (exact) mass is 436 g/mol. The lowest BCUT2D eigenvalue weighted by atomic mass is 10.1. The molecule has 1 aliphatic heterocycles. The highest BCUT2D eigenvalue weighted by Crippen LogP contribution is 2.42. The Morgan fingerprint density at radius 1 is 0.900 bits per heavy atom. The second kappa shape index (κ2) is 8.45. The van der Waals surface area contributed by atoms with Crippen molar-refractivity contribution in [3.63, 3.8) is 0 Å². The second-order valence-corrected chi connectivity index (χ2v) is 9.44. The average molecular weight is 437 g/mol. The van der Waals surface area contributed by atoms with Gasteiger partial charge in [0.05, 0.1) is 10.6 Å². The summed E-state index contributed by atoms with van der Waals surface area (Å²) in [4.78, 5) is 14.7. The number of amidine groups is 1. The fraction of sp³-hybridized carbons (Fsp3) is 0.130. The Balaban J connectivity index is 1.77. The molecule has 1 unspecified atom stereocenters. The van der Waals surface area contributed by atoms with Crippen molar-refractivity contribution in [2.75, 3.05) is 4.90 Å². The number of thioether (sulfide) groups is 1. The summed E-state index contributed by atoms with van der Waals surface area (Å²) in [6.07, 6.45) is 0.819. The van der Waals surface area contributed by atoms with E-state index in [1.165, 1.54) is 4.90 Å². The van der Waals surface area contributed by atoms with Crippen LogP contribution in [0, 0.1) is 0 Å². The normalized spacial score (nSPS) is 18.2. The molecule has 0 aliphatic carbocycles. The molecule has 0 N–H and O–H groups in total. The van der Waals surface area contributed by atoms with E-state index in [1.807, 2.05) is 43.3 Å². The predicted octanol–water partition coefficient (Wildman–Crippen LogP) is 4.82. The number of amides is 1. The molecule has 7 heteroatoms. The van der Waals surface area contributed by atoms with Crippen LogP contribution in [0.4, 0.5) is 5.69 Å². The molecule has 30 heavy (non-hydrogen) atoms. The van der Waals surface area contributed by atoms with Gasteiger partial charge in [0.25, 0.3) is 15.9 Å². The summed E-state index contributed by atoms with van der Waals surface area (Å²) >= 11 is 1.15. The summed E-state index contributed by atoms with van der Waals surface area (Å²) in [6, 6.07) is 25.0. The maximum Gasteiger partial charge on any atom is 0.284 e. The molecule has 1 aliphatic rings. The number of sulfonamides is 1. The Hall–Kier alpha value is -2.90. The van der Waals surface area contributed by atoms with Gasteiger partial charge in [-0.25, -0.2) is 0 Å². The number of hydrogen-bond acceptors (Lipinski definition) is 4. The van der Waals surface area contributed by atoms with E-state index in [2.05, 4.69) is 4.40 Å². The largest absolute Gasteiger partial charge is 0.284 e. The van der Waals surface area contributed by atoms with Gasteiger partial charge in [-0.05, 0) is 41.8 Å². The molecule has 1 amide bonds. The smallest absolute Gasteiger partial charge is 0.272 e. The van der Waals surface area contributed by atoms with E-state index in [9.17, 15) is 13.2 Å². The van der Waals surface area contributed by atoms with Gasteiger partial charge in [0.2, 0.25) is 0 Å². The van der Waals surface area contributed by atoms with Crippen molar-refractivity contribution in [1.29, 1.82) is 0 Å². The van der Waals surface area contributed by atoms with Gasteiger partial charge >= 0.3 is 0 Å². The molecule has 4 rings (SSSR count). The molecule has 0 bridgehead atoms. The van der Waals surface area contributed by atoms with Gasteiger partial charge < -0.3 is 0 Å². The summed E-state index contributed by atoms with van der Waals surface area (Å²) in [6.45, 7) is 2.01. The SMILES string of the molecule is CCc1ccc(S(=O)(=O)N=C2SC(c3ccccc3)C(=O)N2c2ccccc2)cc1. The van der Waals surface area contributed by atoms with Crippen LogP contribution in [-0.4, -0.2) is 19.5 Å². The van der Waals surface area contributed by atoms with E-state index in [-0.39, 0.29) is 16.0 Å². The summed E-state index contributed by atoms with van der Waals surface area (Å²) in [5.74, 6) is -0.215. The molecule has 3 aromatic rings. The zero-order chi connectivity index (χ0) is 21.1. The highest BCUT2D eigenvalue weighted by atomic mass is 32.2. The van der Waals surface area contributed by atoms with Gasteiger partial charge in [-0.2, -0.15) is 8.42 Å². The zero-order valence-corrected chi connectivity index (χ0v) is 17.9. The Morgan fingerprint density at radius 2 is 1.50 bits per heavy atom. The van der Waals surface area contributed by atoms with Crippen LogP contribution in [0.2, 0.25) is 0 Å². The van der Waals surface area contributed by atoms with E-state index >= 15 is 0 Å². The number of para-hydroxylation sites is 1. The van der Waals surface area contributed by atoms with Crippen molar-refractivity contribution in [3.8, 4) is 0 Å². The van der Waals surface area contributed by atoms with Gasteiger partial charge in [-0.1, -0.05) is 79.3 Å². The molecule has 0 radical (unpaired) electrons. The number of hydrogen-bond donors (Lipinski definition) is 0. The van der Waals surface area contributed by atoms with E-state index in [0.29, 0.717) is 5.69 Å². The molecule has 0 saturated carbocycles. The number of carbonyl (C=O) groups excluding carboxylic acids is 1. The predicted molar refractivity (Wildman–Crippen MR) is 121 cm³/mol.